The zero-order chi connectivity index (χ0) is 19.6. The highest BCUT2D eigenvalue weighted by Crippen LogP contribution is 2.33. The molecule has 27 heavy (non-hydrogen) atoms. The van der Waals surface area contributed by atoms with Crippen molar-refractivity contribution in [2.45, 2.75) is 45.6 Å². The van der Waals surface area contributed by atoms with E-state index in [4.69, 9.17) is 0 Å². The van der Waals surface area contributed by atoms with Crippen LogP contribution in [0, 0.1) is 0 Å². The molecule has 0 radical (unpaired) electrons. The minimum Gasteiger partial charge on any atom is -0.326 e. The van der Waals surface area contributed by atoms with Crippen molar-refractivity contribution in [1.82, 2.24) is 4.90 Å². The highest BCUT2D eigenvalue weighted by atomic mass is 16.2. The number of amides is 2. The van der Waals surface area contributed by atoms with E-state index in [-0.39, 0.29) is 29.7 Å². The van der Waals surface area contributed by atoms with Crippen LogP contribution < -0.4 is 5.32 Å². The van der Waals surface area contributed by atoms with Crippen LogP contribution in [-0.4, -0.2) is 16.7 Å². The Labute approximate surface area is 160 Å². The average molecular weight is 362 g/mol. The molecule has 140 valence electrons. The molecule has 4 heteroatoms. The molecule has 2 aromatic carbocycles. The van der Waals surface area contributed by atoms with Gasteiger partial charge in [-0.15, -0.1) is 0 Å². The number of nitrogens with zero attached hydrogens (tertiary/aromatic N) is 1. The second-order valence-corrected chi connectivity index (χ2v) is 7.97. The van der Waals surface area contributed by atoms with E-state index in [1.807, 2.05) is 54.6 Å². The maximum Gasteiger partial charge on any atom is 0.226 e. The predicted octanol–water partition coefficient (Wildman–Crippen LogP) is 4.89. The summed E-state index contributed by atoms with van der Waals surface area (Å²) in [5.74, 6) is -0.187. The van der Waals surface area contributed by atoms with E-state index in [1.54, 1.807) is 11.1 Å². The van der Waals surface area contributed by atoms with Crippen molar-refractivity contribution in [1.29, 1.82) is 0 Å². The standard InChI is InChI=1S/C23H26N2O2/c1-16(26)25-14-13-17-7-5-6-8-20(17)21(25)15-22(27)24-19-11-9-18(10-12-19)23(2,3)4/h5-14,21H,15H2,1-4H3,(H,24,27). The van der Waals surface area contributed by atoms with Gasteiger partial charge in [-0.25, -0.2) is 0 Å². The molecule has 1 aliphatic rings. The van der Waals surface area contributed by atoms with Gasteiger partial charge in [-0.2, -0.15) is 0 Å². The number of carbonyl (C=O) groups is 2. The van der Waals surface area contributed by atoms with Gasteiger partial charge in [-0.3, -0.25) is 9.59 Å². The minimum atomic E-state index is -0.294. The fraction of sp³-hybridized carbons (Fsp3) is 0.304. The van der Waals surface area contributed by atoms with Crippen molar-refractivity contribution in [3.63, 3.8) is 0 Å². The van der Waals surface area contributed by atoms with Gasteiger partial charge >= 0.3 is 0 Å². The number of hydrogen-bond donors (Lipinski definition) is 1. The van der Waals surface area contributed by atoms with Crippen LogP contribution in [0.1, 0.15) is 56.8 Å². The van der Waals surface area contributed by atoms with E-state index in [2.05, 4.69) is 26.1 Å². The second-order valence-electron chi connectivity index (χ2n) is 7.97. The Morgan fingerprint density at radius 1 is 1.04 bits per heavy atom. The number of rotatable bonds is 3. The third kappa shape index (κ3) is 4.27. The summed E-state index contributed by atoms with van der Waals surface area (Å²) in [6.45, 7) is 8.00. The summed E-state index contributed by atoms with van der Waals surface area (Å²) >= 11 is 0. The molecule has 0 saturated heterocycles. The summed E-state index contributed by atoms with van der Waals surface area (Å²) in [5.41, 5.74) is 4.09. The van der Waals surface area contributed by atoms with Crippen molar-refractivity contribution >= 4 is 23.6 Å². The Morgan fingerprint density at radius 2 is 1.70 bits per heavy atom. The quantitative estimate of drug-likeness (QED) is 0.845. The summed E-state index contributed by atoms with van der Waals surface area (Å²) in [6, 6.07) is 15.5. The average Bonchev–Trinajstić information content (AvgIpc) is 2.61. The number of anilines is 1. The molecule has 3 rings (SSSR count). The Kier molecular flexibility index (Phi) is 5.17. The van der Waals surface area contributed by atoms with Crippen molar-refractivity contribution in [2.24, 2.45) is 0 Å². The van der Waals surface area contributed by atoms with E-state index in [9.17, 15) is 9.59 Å². The molecule has 1 heterocycles. The topological polar surface area (TPSA) is 49.4 Å². The first-order valence-corrected chi connectivity index (χ1v) is 9.22. The maximum absolute atomic E-state index is 12.7. The van der Waals surface area contributed by atoms with Gasteiger partial charge in [-0.05, 0) is 40.3 Å². The molecule has 0 aromatic heterocycles. The van der Waals surface area contributed by atoms with E-state index in [0.29, 0.717) is 0 Å². The van der Waals surface area contributed by atoms with Gasteiger partial charge in [-0.1, -0.05) is 57.2 Å². The van der Waals surface area contributed by atoms with Crippen LogP contribution in [0.25, 0.3) is 6.08 Å². The lowest BCUT2D eigenvalue weighted by Crippen LogP contribution is -2.33. The van der Waals surface area contributed by atoms with Gasteiger partial charge in [0.15, 0.2) is 0 Å². The van der Waals surface area contributed by atoms with Crippen molar-refractivity contribution in [3.8, 4) is 0 Å². The number of benzene rings is 2. The van der Waals surface area contributed by atoms with Crippen LogP contribution in [0.2, 0.25) is 0 Å². The first-order valence-electron chi connectivity index (χ1n) is 9.22. The number of carbonyl (C=O) groups excluding carboxylic acids is 2. The van der Waals surface area contributed by atoms with Gasteiger partial charge in [0.25, 0.3) is 0 Å². The Morgan fingerprint density at radius 3 is 2.33 bits per heavy atom. The summed E-state index contributed by atoms with van der Waals surface area (Å²) < 4.78 is 0. The Bertz CT molecular complexity index is 876. The first-order chi connectivity index (χ1) is 12.8. The van der Waals surface area contributed by atoms with Crippen LogP contribution in [0.4, 0.5) is 5.69 Å². The van der Waals surface area contributed by atoms with Crippen LogP contribution in [0.15, 0.2) is 54.7 Å². The molecule has 2 amide bonds. The molecule has 0 aliphatic carbocycles. The van der Waals surface area contributed by atoms with Gasteiger partial charge in [0.2, 0.25) is 11.8 Å². The smallest absolute Gasteiger partial charge is 0.226 e. The molecule has 1 atom stereocenters. The highest BCUT2D eigenvalue weighted by molar-refractivity contribution is 5.92. The molecule has 4 nitrogen and oxygen atoms in total. The van der Waals surface area contributed by atoms with E-state index < -0.39 is 0 Å². The highest BCUT2D eigenvalue weighted by Gasteiger charge is 2.28. The molecule has 2 aromatic rings. The second kappa shape index (κ2) is 7.39. The number of fused-ring (bicyclic) bond motifs is 1. The van der Waals surface area contributed by atoms with Crippen LogP contribution in [-0.2, 0) is 15.0 Å². The Hall–Kier alpha value is -2.88. The van der Waals surface area contributed by atoms with Crippen molar-refractivity contribution in [3.05, 3.63) is 71.4 Å². The Balaban J connectivity index is 1.76. The summed E-state index contributed by atoms with van der Waals surface area (Å²) in [6.07, 6.45) is 3.89. The number of hydrogen-bond acceptors (Lipinski definition) is 2. The van der Waals surface area contributed by atoms with Crippen LogP contribution >= 0.6 is 0 Å². The monoisotopic (exact) mass is 362 g/mol. The fourth-order valence-corrected chi connectivity index (χ4v) is 3.35. The molecule has 1 N–H and O–H groups in total. The molecule has 0 saturated carbocycles. The predicted molar refractivity (Wildman–Crippen MR) is 109 cm³/mol. The number of nitrogens with one attached hydrogen (secondary N) is 1. The van der Waals surface area contributed by atoms with Gasteiger partial charge in [0, 0.05) is 18.8 Å². The normalized spacial score (nSPS) is 16.0. The third-order valence-corrected chi connectivity index (χ3v) is 4.88. The summed E-state index contributed by atoms with van der Waals surface area (Å²) in [5, 5.41) is 2.96. The molecule has 1 unspecified atom stereocenters. The molecule has 0 bridgehead atoms. The molecule has 0 fully saturated rings. The van der Waals surface area contributed by atoms with Crippen LogP contribution in [0.3, 0.4) is 0 Å². The summed E-state index contributed by atoms with van der Waals surface area (Å²) in [4.78, 5) is 26.3. The lowest BCUT2D eigenvalue weighted by Gasteiger charge is -2.32. The van der Waals surface area contributed by atoms with E-state index in [1.165, 1.54) is 12.5 Å². The maximum atomic E-state index is 12.7. The van der Waals surface area contributed by atoms with Crippen molar-refractivity contribution in [2.75, 3.05) is 5.32 Å². The molecular weight excluding hydrogens is 336 g/mol. The lowest BCUT2D eigenvalue weighted by atomic mass is 9.87. The fourth-order valence-electron chi connectivity index (χ4n) is 3.35. The minimum absolute atomic E-state index is 0.0721. The lowest BCUT2D eigenvalue weighted by molar-refractivity contribution is -0.129. The zero-order valence-corrected chi connectivity index (χ0v) is 16.3. The first kappa shape index (κ1) is 18.9. The molecule has 0 spiro atoms. The van der Waals surface area contributed by atoms with Crippen molar-refractivity contribution < 1.29 is 9.59 Å². The SMILES string of the molecule is CC(=O)N1C=Cc2ccccc2C1CC(=O)Nc1ccc(C(C)(C)C)cc1. The van der Waals surface area contributed by atoms with E-state index >= 15 is 0 Å². The molecule has 1 aliphatic heterocycles. The van der Waals surface area contributed by atoms with E-state index in [0.717, 1.165) is 16.8 Å². The zero-order valence-electron chi connectivity index (χ0n) is 16.3. The van der Waals surface area contributed by atoms with Gasteiger partial charge in [0.1, 0.15) is 0 Å². The molecular formula is C23H26N2O2. The van der Waals surface area contributed by atoms with Crippen LogP contribution in [0.5, 0.6) is 0 Å². The van der Waals surface area contributed by atoms with Gasteiger partial charge in [0.05, 0.1) is 12.5 Å². The summed E-state index contributed by atoms with van der Waals surface area (Å²) in [7, 11) is 0. The third-order valence-electron chi connectivity index (χ3n) is 4.88. The largest absolute Gasteiger partial charge is 0.326 e. The van der Waals surface area contributed by atoms with Gasteiger partial charge < -0.3 is 10.2 Å².